The van der Waals surface area contributed by atoms with Crippen molar-refractivity contribution < 1.29 is 14.3 Å². The number of hydrogen-bond donors (Lipinski definition) is 1. The lowest BCUT2D eigenvalue weighted by atomic mass is 9.93. The van der Waals surface area contributed by atoms with E-state index in [0.717, 1.165) is 26.1 Å². The summed E-state index contributed by atoms with van der Waals surface area (Å²) in [6, 6.07) is 0.392. The van der Waals surface area contributed by atoms with Crippen molar-refractivity contribution in [2.75, 3.05) is 46.6 Å². The van der Waals surface area contributed by atoms with Crippen molar-refractivity contribution in [2.24, 2.45) is 11.8 Å². The number of likely N-dealkylation sites (tertiary alicyclic amines) is 1. The summed E-state index contributed by atoms with van der Waals surface area (Å²) >= 11 is 0. The Morgan fingerprint density at radius 3 is 2.94 bits per heavy atom. The fraction of sp³-hybridized carbons (Fsp3) is 0.923. The zero-order valence-electron chi connectivity index (χ0n) is 11.4. The Hall–Kier alpha value is -0.650. The molecule has 0 bridgehead atoms. The van der Waals surface area contributed by atoms with Crippen LogP contribution in [0.5, 0.6) is 0 Å². The van der Waals surface area contributed by atoms with Gasteiger partial charge in [-0.2, -0.15) is 0 Å². The van der Waals surface area contributed by atoms with E-state index in [9.17, 15) is 4.79 Å². The third-order valence-electron chi connectivity index (χ3n) is 4.11. The number of hydrogen-bond acceptors (Lipinski definition) is 4. The van der Waals surface area contributed by atoms with E-state index in [2.05, 4.69) is 12.2 Å². The highest BCUT2D eigenvalue weighted by atomic mass is 16.5. The van der Waals surface area contributed by atoms with Gasteiger partial charge in [0.25, 0.3) is 0 Å². The molecule has 2 fully saturated rings. The highest BCUT2D eigenvalue weighted by molar-refractivity contribution is 5.78. The summed E-state index contributed by atoms with van der Waals surface area (Å²) in [6.45, 7) is 6.38. The Balaban J connectivity index is 1.82. The molecule has 5 heteroatoms. The van der Waals surface area contributed by atoms with E-state index in [0.29, 0.717) is 31.1 Å². The minimum absolute atomic E-state index is 0.132. The van der Waals surface area contributed by atoms with Crippen LogP contribution in [0.25, 0.3) is 0 Å². The Bertz CT molecular complexity index is 285. The van der Waals surface area contributed by atoms with Crippen molar-refractivity contribution in [1.29, 1.82) is 0 Å². The molecule has 0 aromatic heterocycles. The molecule has 0 aromatic carbocycles. The molecule has 2 aliphatic rings. The average molecular weight is 256 g/mol. The molecule has 2 aliphatic heterocycles. The van der Waals surface area contributed by atoms with Crippen LogP contribution in [0.2, 0.25) is 0 Å². The summed E-state index contributed by atoms with van der Waals surface area (Å²) in [4.78, 5) is 14.2. The summed E-state index contributed by atoms with van der Waals surface area (Å²) in [7, 11) is 1.63. The van der Waals surface area contributed by atoms with Crippen molar-refractivity contribution >= 4 is 5.91 Å². The first-order chi connectivity index (χ1) is 8.77. The maximum Gasteiger partial charge on any atom is 0.248 e. The third-order valence-corrected chi connectivity index (χ3v) is 4.11. The summed E-state index contributed by atoms with van der Waals surface area (Å²) < 4.78 is 10.2. The van der Waals surface area contributed by atoms with E-state index < -0.39 is 0 Å². The van der Waals surface area contributed by atoms with Gasteiger partial charge in [-0.15, -0.1) is 0 Å². The van der Waals surface area contributed by atoms with E-state index in [1.165, 1.54) is 0 Å². The smallest absolute Gasteiger partial charge is 0.248 e. The molecular formula is C13H24N2O3. The molecule has 0 aromatic rings. The van der Waals surface area contributed by atoms with E-state index in [4.69, 9.17) is 9.47 Å². The summed E-state index contributed by atoms with van der Waals surface area (Å²) in [5.41, 5.74) is 0. The molecule has 1 N–H and O–H groups in total. The molecule has 0 saturated carbocycles. The number of amides is 1. The first-order valence-corrected chi connectivity index (χ1v) is 6.84. The van der Waals surface area contributed by atoms with E-state index in [-0.39, 0.29) is 12.5 Å². The number of nitrogens with zero attached hydrogens (tertiary/aromatic N) is 1. The first-order valence-electron chi connectivity index (χ1n) is 6.84. The van der Waals surface area contributed by atoms with Gasteiger partial charge in [0.05, 0.1) is 13.2 Å². The van der Waals surface area contributed by atoms with Gasteiger partial charge in [-0.3, -0.25) is 4.79 Å². The number of nitrogens with one attached hydrogen (secondary N) is 1. The zero-order valence-corrected chi connectivity index (χ0v) is 11.4. The highest BCUT2D eigenvalue weighted by Gasteiger charge is 2.44. The maximum absolute atomic E-state index is 12.1. The molecular weight excluding hydrogens is 232 g/mol. The van der Waals surface area contributed by atoms with Gasteiger partial charge in [-0.1, -0.05) is 6.92 Å². The normalized spacial score (nSPS) is 30.8. The lowest BCUT2D eigenvalue weighted by molar-refractivity contribution is -0.137. The van der Waals surface area contributed by atoms with Gasteiger partial charge in [0.1, 0.15) is 6.61 Å². The van der Waals surface area contributed by atoms with Gasteiger partial charge in [0.2, 0.25) is 5.91 Å². The van der Waals surface area contributed by atoms with Crippen molar-refractivity contribution in [1.82, 2.24) is 10.2 Å². The van der Waals surface area contributed by atoms with Crippen molar-refractivity contribution in [2.45, 2.75) is 19.4 Å². The minimum atomic E-state index is 0.132. The molecule has 2 rings (SSSR count). The first kappa shape index (κ1) is 13.8. The second kappa shape index (κ2) is 6.50. The number of ether oxygens (including phenoxy) is 2. The van der Waals surface area contributed by atoms with Crippen LogP contribution in [0.4, 0.5) is 0 Å². The van der Waals surface area contributed by atoms with Crippen molar-refractivity contribution in [3.8, 4) is 0 Å². The minimum Gasteiger partial charge on any atom is -0.382 e. The van der Waals surface area contributed by atoms with E-state index in [1.807, 2.05) is 4.90 Å². The number of carbonyl (C=O) groups excluding carboxylic acids is 1. The van der Waals surface area contributed by atoms with Crippen LogP contribution in [0.15, 0.2) is 0 Å². The Kier molecular flexibility index (Phi) is 4.97. The van der Waals surface area contributed by atoms with E-state index in [1.54, 1.807) is 7.11 Å². The SMILES string of the molecule is CCC1C2CNCC2CN1C(=O)COCCOC. The molecule has 18 heavy (non-hydrogen) atoms. The van der Waals surface area contributed by atoms with Crippen LogP contribution >= 0.6 is 0 Å². The van der Waals surface area contributed by atoms with Crippen LogP contribution < -0.4 is 5.32 Å². The van der Waals surface area contributed by atoms with Gasteiger partial charge in [-0.05, 0) is 18.3 Å². The second-order valence-corrected chi connectivity index (χ2v) is 5.15. The van der Waals surface area contributed by atoms with Crippen molar-refractivity contribution in [3.63, 3.8) is 0 Å². The molecule has 1 amide bonds. The van der Waals surface area contributed by atoms with Crippen molar-refractivity contribution in [3.05, 3.63) is 0 Å². The second-order valence-electron chi connectivity index (χ2n) is 5.15. The maximum atomic E-state index is 12.1. The molecule has 104 valence electrons. The van der Waals surface area contributed by atoms with Gasteiger partial charge < -0.3 is 19.7 Å². The van der Waals surface area contributed by atoms with Gasteiger partial charge in [0, 0.05) is 32.8 Å². The fourth-order valence-corrected chi connectivity index (χ4v) is 3.22. The summed E-state index contributed by atoms with van der Waals surface area (Å²) in [5.74, 6) is 1.41. The Morgan fingerprint density at radius 1 is 1.39 bits per heavy atom. The number of carbonyl (C=O) groups is 1. The van der Waals surface area contributed by atoms with Gasteiger partial charge in [0.15, 0.2) is 0 Å². The molecule has 0 spiro atoms. The molecule has 0 aliphatic carbocycles. The lowest BCUT2D eigenvalue weighted by Crippen LogP contribution is -2.41. The monoisotopic (exact) mass is 256 g/mol. The van der Waals surface area contributed by atoms with Crippen LogP contribution in [0.3, 0.4) is 0 Å². The van der Waals surface area contributed by atoms with Crippen LogP contribution in [-0.4, -0.2) is 63.4 Å². The quantitative estimate of drug-likeness (QED) is 0.685. The number of methoxy groups -OCH3 is 1. The van der Waals surface area contributed by atoms with E-state index >= 15 is 0 Å². The van der Waals surface area contributed by atoms with Gasteiger partial charge >= 0.3 is 0 Å². The molecule has 2 heterocycles. The zero-order chi connectivity index (χ0) is 13.0. The lowest BCUT2D eigenvalue weighted by Gasteiger charge is -2.26. The van der Waals surface area contributed by atoms with Crippen LogP contribution in [-0.2, 0) is 14.3 Å². The predicted molar refractivity (Wildman–Crippen MR) is 68.3 cm³/mol. The third kappa shape index (κ3) is 2.84. The highest BCUT2D eigenvalue weighted by Crippen LogP contribution is 2.34. The molecule has 2 saturated heterocycles. The molecule has 3 atom stereocenters. The fourth-order valence-electron chi connectivity index (χ4n) is 3.22. The topological polar surface area (TPSA) is 50.8 Å². The number of fused-ring (bicyclic) bond motifs is 1. The largest absolute Gasteiger partial charge is 0.382 e. The summed E-state index contributed by atoms with van der Waals surface area (Å²) in [6.07, 6.45) is 1.03. The molecule has 0 radical (unpaired) electrons. The Labute approximate surface area is 109 Å². The average Bonchev–Trinajstić information content (AvgIpc) is 2.93. The molecule has 3 unspecified atom stereocenters. The molecule has 5 nitrogen and oxygen atoms in total. The number of rotatable bonds is 6. The van der Waals surface area contributed by atoms with Gasteiger partial charge in [-0.25, -0.2) is 0 Å². The standard InChI is InChI=1S/C13H24N2O3/c1-3-12-11-7-14-6-10(11)8-15(12)13(16)9-18-5-4-17-2/h10-12,14H,3-9H2,1-2H3. The van der Waals surface area contributed by atoms with Crippen LogP contribution in [0, 0.1) is 11.8 Å². The summed E-state index contributed by atoms with van der Waals surface area (Å²) in [5, 5.41) is 3.42. The predicted octanol–water partition coefficient (Wildman–Crippen LogP) is 0.106. The van der Waals surface area contributed by atoms with Crippen LogP contribution in [0.1, 0.15) is 13.3 Å². The Morgan fingerprint density at radius 2 is 2.22 bits per heavy atom.